The van der Waals surface area contributed by atoms with Crippen molar-refractivity contribution in [3.63, 3.8) is 0 Å². The van der Waals surface area contributed by atoms with Gasteiger partial charge in [-0.2, -0.15) is 4.31 Å². The Morgan fingerprint density at radius 3 is 2.55 bits per heavy atom. The van der Waals surface area contributed by atoms with Crippen LogP contribution in [0.1, 0.15) is 6.92 Å². The van der Waals surface area contributed by atoms with Gasteiger partial charge in [-0.15, -0.1) is 0 Å². The molecule has 0 amide bonds. The van der Waals surface area contributed by atoms with Gasteiger partial charge in [0.1, 0.15) is 0 Å². The first-order valence-electron chi connectivity index (χ1n) is 6.46. The third-order valence-corrected chi connectivity index (χ3v) is 5.20. The molecule has 7 nitrogen and oxygen atoms in total. The van der Waals surface area contributed by atoms with Crippen molar-refractivity contribution in [3.05, 3.63) is 12.5 Å². The minimum absolute atomic E-state index is 0.113. The molecule has 1 aromatic heterocycles. The van der Waals surface area contributed by atoms with Gasteiger partial charge in [0.05, 0.1) is 11.3 Å². The highest BCUT2D eigenvalue weighted by molar-refractivity contribution is 7.89. The van der Waals surface area contributed by atoms with Crippen molar-refractivity contribution in [2.45, 2.75) is 18.5 Å². The van der Waals surface area contributed by atoms with E-state index in [9.17, 15) is 8.42 Å². The summed E-state index contributed by atoms with van der Waals surface area (Å²) in [4.78, 5) is 6.47. The molecular formula is C11H19N5O2S2. The average molecular weight is 317 g/mol. The number of rotatable bonds is 5. The molecule has 2 heterocycles. The molecule has 0 saturated carbocycles. The van der Waals surface area contributed by atoms with Gasteiger partial charge in [0.25, 0.3) is 10.0 Å². The van der Waals surface area contributed by atoms with Crippen molar-refractivity contribution in [3.8, 4) is 0 Å². The van der Waals surface area contributed by atoms with Crippen molar-refractivity contribution in [1.29, 1.82) is 0 Å². The molecule has 2 N–H and O–H groups in total. The van der Waals surface area contributed by atoms with E-state index in [0.717, 1.165) is 0 Å². The molecule has 1 aliphatic heterocycles. The maximum Gasteiger partial charge on any atom is 0.262 e. The number of nitrogens with two attached hydrogens (primary N) is 1. The first kappa shape index (κ1) is 15.4. The van der Waals surface area contributed by atoms with Crippen molar-refractivity contribution in [2.24, 2.45) is 5.73 Å². The fourth-order valence-electron chi connectivity index (χ4n) is 2.13. The first-order chi connectivity index (χ1) is 9.43. The van der Waals surface area contributed by atoms with Gasteiger partial charge in [0.2, 0.25) is 0 Å². The van der Waals surface area contributed by atoms with Gasteiger partial charge in [-0.1, -0.05) is 12.2 Å². The van der Waals surface area contributed by atoms with Crippen LogP contribution in [0.3, 0.4) is 0 Å². The molecule has 0 atom stereocenters. The van der Waals surface area contributed by atoms with Gasteiger partial charge in [-0.25, -0.2) is 13.4 Å². The second kappa shape index (κ2) is 6.17. The van der Waals surface area contributed by atoms with E-state index >= 15 is 0 Å². The van der Waals surface area contributed by atoms with Gasteiger partial charge in [-0.3, -0.25) is 4.90 Å². The van der Waals surface area contributed by atoms with E-state index in [1.54, 1.807) is 10.8 Å². The van der Waals surface area contributed by atoms with Crippen LogP contribution in [-0.2, 0) is 16.6 Å². The Morgan fingerprint density at radius 1 is 1.40 bits per heavy atom. The number of nitrogens with zero attached hydrogens (tertiary/aromatic N) is 4. The van der Waals surface area contributed by atoms with Crippen LogP contribution in [0.2, 0.25) is 0 Å². The normalized spacial score (nSPS) is 18.2. The lowest BCUT2D eigenvalue weighted by Gasteiger charge is -2.33. The summed E-state index contributed by atoms with van der Waals surface area (Å²) >= 11 is 4.86. The molecule has 0 unspecified atom stereocenters. The minimum atomic E-state index is -3.49. The highest BCUT2D eigenvalue weighted by Gasteiger charge is 2.30. The summed E-state index contributed by atoms with van der Waals surface area (Å²) in [7, 11) is -3.49. The maximum absolute atomic E-state index is 12.4. The van der Waals surface area contributed by atoms with Crippen LogP contribution in [0.25, 0.3) is 0 Å². The quantitative estimate of drug-likeness (QED) is 0.737. The molecule has 9 heteroatoms. The second-order valence-corrected chi connectivity index (χ2v) is 7.10. The van der Waals surface area contributed by atoms with Crippen LogP contribution in [0.4, 0.5) is 0 Å². The highest BCUT2D eigenvalue weighted by atomic mass is 32.2. The van der Waals surface area contributed by atoms with Crippen LogP contribution in [0.5, 0.6) is 0 Å². The largest absolute Gasteiger partial charge is 0.392 e. The second-order valence-electron chi connectivity index (χ2n) is 4.69. The molecule has 1 aromatic rings. The van der Waals surface area contributed by atoms with Crippen LogP contribution in [0.15, 0.2) is 17.6 Å². The summed E-state index contributed by atoms with van der Waals surface area (Å²) in [6.07, 6.45) is 3.10. The maximum atomic E-state index is 12.4. The zero-order valence-electron chi connectivity index (χ0n) is 11.4. The smallest absolute Gasteiger partial charge is 0.262 e. The van der Waals surface area contributed by atoms with E-state index in [1.807, 2.05) is 6.92 Å². The third kappa shape index (κ3) is 3.35. The molecule has 0 aromatic carbocycles. The molecular weight excluding hydrogens is 298 g/mol. The Balaban J connectivity index is 2.03. The molecule has 0 radical (unpaired) electrons. The number of imidazole rings is 1. The summed E-state index contributed by atoms with van der Waals surface area (Å²) in [6, 6.07) is 0. The van der Waals surface area contributed by atoms with Gasteiger partial charge in [0.15, 0.2) is 5.03 Å². The summed E-state index contributed by atoms with van der Waals surface area (Å²) < 4.78 is 28.1. The Bertz CT molecular complexity index is 575. The summed E-state index contributed by atoms with van der Waals surface area (Å²) in [6.45, 7) is 5.30. The number of hydrogen-bond acceptors (Lipinski definition) is 5. The molecule has 1 aliphatic rings. The Kier molecular flexibility index (Phi) is 4.74. The standard InChI is InChI=1S/C11H19N5O2S2/c1-2-14-8-11(13-9-14)20(17,18)16-5-3-15(4-6-16)7-10(12)19/h8-9H,2-7H2,1H3,(H2,12,19). The number of aromatic nitrogens is 2. The Hall–Kier alpha value is -1.03. The number of sulfonamides is 1. The lowest BCUT2D eigenvalue weighted by molar-refractivity contribution is 0.209. The summed E-state index contributed by atoms with van der Waals surface area (Å²) in [5.74, 6) is 0. The molecule has 0 bridgehead atoms. The predicted molar refractivity (Wildman–Crippen MR) is 79.9 cm³/mol. The van der Waals surface area contributed by atoms with Crippen molar-refractivity contribution >= 4 is 27.2 Å². The van der Waals surface area contributed by atoms with Gasteiger partial charge >= 0.3 is 0 Å². The number of hydrogen-bond donors (Lipinski definition) is 1. The van der Waals surface area contributed by atoms with E-state index < -0.39 is 10.0 Å². The molecule has 0 spiro atoms. The number of piperazine rings is 1. The molecule has 2 rings (SSSR count). The molecule has 20 heavy (non-hydrogen) atoms. The Labute approximate surface area is 124 Å². The van der Waals surface area contributed by atoms with Crippen molar-refractivity contribution < 1.29 is 8.42 Å². The minimum Gasteiger partial charge on any atom is -0.392 e. The highest BCUT2D eigenvalue weighted by Crippen LogP contribution is 2.15. The van der Waals surface area contributed by atoms with E-state index in [1.165, 1.54) is 10.6 Å². The molecule has 112 valence electrons. The number of thiocarbonyl (C=S) groups is 1. The summed E-state index contributed by atoms with van der Waals surface area (Å²) in [5.41, 5.74) is 5.50. The predicted octanol–water partition coefficient (Wildman–Crippen LogP) is -0.505. The SMILES string of the molecule is CCn1cnc(S(=O)(=O)N2CCN(CC(N)=S)CC2)c1. The summed E-state index contributed by atoms with van der Waals surface area (Å²) in [5, 5.41) is 0.113. The fraction of sp³-hybridized carbons (Fsp3) is 0.636. The van der Waals surface area contributed by atoms with Crippen molar-refractivity contribution in [1.82, 2.24) is 18.8 Å². The van der Waals surface area contributed by atoms with E-state index in [2.05, 4.69) is 9.88 Å². The van der Waals surface area contributed by atoms with Crippen molar-refractivity contribution in [2.75, 3.05) is 32.7 Å². The molecule has 0 aliphatic carbocycles. The lowest BCUT2D eigenvalue weighted by Crippen LogP contribution is -2.50. The average Bonchev–Trinajstić information content (AvgIpc) is 2.88. The lowest BCUT2D eigenvalue weighted by atomic mass is 10.3. The van der Waals surface area contributed by atoms with Crippen LogP contribution in [-0.4, -0.2) is 64.9 Å². The molecule has 1 saturated heterocycles. The van der Waals surface area contributed by atoms with Gasteiger partial charge < -0.3 is 10.3 Å². The Morgan fingerprint density at radius 2 is 2.05 bits per heavy atom. The van der Waals surface area contributed by atoms with E-state index in [0.29, 0.717) is 44.3 Å². The van der Waals surface area contributed by atoms with Crippen LogP contribution < -0.4 is 5.73 Å². The van der Waals surface area contributed by atoms with Crippen LogP contribution >= 0.6 is 12.2 Å². The fourth-order valence-corrected chi connectivity index (χ4v) is 3.67. The third-order valence-electron chi connectivity index (χ3n) is 3.29. The number of aryl methyl sites for hydroxylation is 1. The van der Waals surface area contributed by atoms with Gasteiger partial charge in [0, 0.05) is 45.5 Å². The first-order valence-corrected chi connectivity index (χ1v) is 8.31. The topological polar surface area (TPSA) is 84.5 Å². The van der Waals surface area contributed by atoms with Gasteiger partial charge in [-0.05, 0) is 6.92 Å². The van der Waals surface area contributed by atoms with E-state index in [4.69, 9.17) is 18.0 Å². The molecule has 1 fully saturated rings. The van der Waals surface area contributed by atoms with E-state index in [-0.39, 0.29) is 5.03 Å². The zero-order valence-corrected chi connectivity index (χ0v) is 13.0. The monoisotopic (exact) mass is 317 g/mol. The van der Waals surface area contributed by atoms with Crippen LogP contribution in [0, 0.1) is 0 Å². The zero-order chi connectivity index (χ0) is 14.8.